The van der Waals surface area contributed by atoms with Crippen LogP contribution in [-0.4, -0.2) is 18.5 Å². The molecule has 1 N–H and O–H groups in total. The predicted octanol–water partition coefficient (Wildman–Crippen LogP) is 4.22. The zero-order chi connectivity index (χ0) is 20.8. The minimum Gasteiger partial charge on any atom is -0.462 e. The monoisotopic (exact) mass is 405 g/mol. The van der Waals surface area contributed by atoms with E-state index in [-0.39, 0.29) is 12.2 Å². The van der Waals surface area contributed by atoms with Crippen molar-refractivity contribution in [2.45, 2.75) is 32.6 Å². The van der Waals surface area contributed by atoms with Crippen molar-refractivity contribution in [1.82, 2.24) is 0 Å². The maximum Gasteiger partial charge on any atom is 0.341 e. The highest BCUT2D eigenvalue weighted by molar-refractivity contribution is 7.17. The Hall–Kier alpha value is -3.42. The number of ether oxygens (including phenoxy) is 1. The Morgan fingerprint density at radius 2 is 1.93 bits per heavy atom. The molecule has 1 aromatic carbocycles. The Morgan fingerprint density at radius 3 is 2.59 bits per heavy atom. The Morgan fingerprint density at radius 1 is 1.21 bits per heavy atom. The summed E-state index contributed by atoms with van der Waals surface area (Å²) in [6.07, 6.45) is 5.14. The standard InChI is InChI=1S/C22H19N3O3S/c1-2-28-22(27)19-17-5-3-4-6-18(17)29-21(19)25-20(26)16(13-24)11-14-7-9-15(12-23)10-8-14/h7-11H,2-6H2,1H3,(H,25,26)/b16-11+. The SMILES string of the molecule is CCOC(=O)c1c(NC(=O)/C(C#N)=C/c2ccc(C#N)cc2)sc2c1CCCC2. The minimum atomic E-state index is -0.582. The molecule has 0 radical (unpaired) electrons. The van der Waals surface area contributed by atoms with Crippen molar-refractivity contribution >= 4 is 34.3 Å². The molecule has 3 rings (SSSR count). The highest BCUT2D eigenvalue weighted by Crippen LogP contribution is 2.38. The molecule has 1 aliphatic rings. The number of fused-ring (bicyclic) bond motifs is 1. The molecule has 0 spiro atoms. The van der Waals surface area contributed by atoms with E-state index in [0.29, 0.717) is 21.7 Å². The average molecular weight is 405 g/mol. The highest BCUT2D eigenvalue weighted by atomic mass is 32.1. The number of amides is 1. The third-order valence-electron chi connectivity index (χ3n) is 4.59. The van der Waals surface area contributed by atoms with Gasteiger partial charge >= 0.3 is 5.97 Å². The number of esters is 1. The Labute approximate surface area is 173 Å². The van der Waals surface area contributed by atoms with Gasteiger partial charge in [-0.05, 0) is 61.9 Å². The van der Waals surface area contributed by atoms with Crippen LogP contribution in [0.25, 0.3) is 6.08 Å². The van der Waals surface area contributed by atoms with Gasteiger partial charge in [-0.1, -0.05) is 12.1 Å². The Balaban J connectivity index is 1.89. The highest BCUT2D eigenvalue weighted by Gasteiger charge is 2.27. The molecule has 146 valence electrons. The van der Waals surface area contributed by atoms with E-state index in [0.717, 1.165) is 36.1 Å². The van der Waals surface area contributed by atoms with E-state index >= 15 is 0 Å². The predicted molar refractivity (Wildman–Crippen MR) is 110 cm³/mol. The van der Waals surface area contributed by atoms with Crippen molar-refractivity contribution in [2.24, 2.45) is 0 Å². The van der Waals surface area contributed by atoms with Crippen LogP contribution in [-0.2, 0) is 22.4 Å². The summed E-state index contributed by atoms with van der Waals surface area (Å²) in [5.41, 5.74) is 2.40. The molecule has 1 heterocycles. The van der Waals surface area contributed by atoms with E-state index in [4.69, 9.17) is 10.00 Å². The molecule has 0 saturated carbocycles. The average Bonchev–Trinajstić information content (AvgIpc) is 3.10. The topological polar surface area (TPSA) is 103 Å². The van der Waals surface area contributed by atoms with Crippen LogP contribution < -0.4 is 5.32 Å². The maximum absolute atomic E-state index is 12.7. The maximum atomic E-state index is 12.7. The van der Waals surface area contributed by atoms with Crippen LogP contribution in [0.3, 0.4) is 0 Å². The van der Waals surface area contributed by atoms with Gasteiger partial charge in [-0.3, -0.25) is 4.79 Å². The molecular formula is C22H19N3O3S. The first-order valence-electron chi connectivity index (χ1n) is 9.32. The summed E-state index contributed by atoms with van der Waals surface area (Å²) in [5.74, 6) is -1.03. The zero-order valence-electron chi connectivity index (χ0n) is 15.9. The molecule has 0 aliphatic heterocycles. The van der Waals surface area contributed by atoms with Gasteiger partial charge in [-0.15, -0.1) is 11.3 Å². The summed E-state index contributed by atoms with van der Waals surface area (Å²) in [5, 5.41) is 21.5. The molecule has 6 nitrogen and oxygen atoms in total. The van der Waals surface area contributed by atoms with Gasteiger partial charge in [0.05, 0.1) is 23.8 Å². The van der Waals surface area contributed by atoms with E-state index < -0.39 is 11.9 Å². The van der Waals surface area contributed by atoms with Gasteiger partial charge < -0.3 is 10.1 Å². The van der Waals surface area contributed by atoms with Gasteiger partial charge in [0.1, 0.15) is 16.6 Å². The quantitative estimate of drug-likeness (QED) is 0.456. The fourth-order valence-electron chi connectivity index (χ4n) is 3.21. The van der Waals surface area contributed by atoms with Crippen LogP contribution in [0.5, 0.6) is 0 Å². The van der Waals surface area contributed by atoms with E-state index in [9.17, 15) is 14.9 Å². The minimum absolute atomic E-state index is 0.0871. The molecule has 2 aromatic rings. The molecule has 0 atom stereocenters. The van der Waals surface area contributed by atoms with Crippen LogP contribution in [0.2, 0.25) is 0 Å². The smallest absolute Gasteiger partial charge is 0.341 e. The fraction of sp³-hybridized carbons (Fsp3) is 0.273. The van der Waals surface area contributed by atoms with Crippen LogP contribution in [0.1, 0.15) is 51.7 Å². The fourth-order valence-corrected chi connectivity index (χ4v) is 4.49. The van der Waals surface area contributed by atoms with Gasteiger partial charge in [0.25, 0.3) is 5.91 Å². The Kier molecular flexibility index (Phi) is 6.43. The second kappa shape index (κ2) is 9.18. The van der Waals surface area contributed by atoms with Crippen molar-refractivity contribution in [1.29, 1.82) is 10.5 Å². The number of rotatable bonds is 5. The van der Waals surface area contributed by atoms with Gasteiger partial charge in [0.2, 0.25) is 0 Å². The lowest BCUT2D eigenvalue weighted by Gasteiger charge is -2.12. The molecular weight excluding hydrogens is 386 g/mol. The van der Waals surface area contributed by atoms with Crippen LogP contribution in [0.15, 0.2) is 29.8 Å². The second-order valence-corrected chi connectivity index (χ2v) is 7.60. The number of hydrogen-bond acceptors (Lipinski definition) is 6. The molecule has 29 heavy (non-hydrogen) atoms. The summed E-state index contributed by atoms with van der Waals surface area (Å²) in [6.45, 7) is 1.99. The van der Waals surface area contributed by atoms with Gasteiger partial charge in [0.15, 0.2) is 0 Å². The normalized spacial score (nSPS) is 13.0. The third kappa shape index (κ3) is 4.53. The number of anilines is 1. The van der Waals surface area contributed by atoms with Crippen molar-refractivity contribution in [3.63, 3.8) is 0 Å². The first-order valence-corrected chi connectivity index (χ1v) is 10.1. The summed E-state index contributed by atoms with van der Waals surface area (Å²) < 4.78 is 5.19. The number of carbonyl (C=O) groups is 2. The first-order chi connectivity index (χ1) is 14.1. The lowest BCUT2D eigenvalue weighted by Crippen LogP contribution is -2.16. The lowest BCUT2D eigenvalue weighted by atomic mass is 9.95. The van der Waals surface area contributed by atoms with Crippen molar-refractivity contribution < 1.29 is 14.3 Å². The van der Waals surface area contributed by atoms with Crippen LogP contribution >= 0.6 is 11.3 Å². The molecule has 1 amide bonds. The van der Waals surface area contributed by atoms with Crippen molar-refractivity contribution in [2.75, 3.05) is 11.9 Å². The number of nitriles is 2. The summed E-state index contributed by atoms with van der Waals surface area (Å²) in [7, 11) is 0. The van der Waals surface area contributed by atoms with Crippen molar-refractivity contribution in [3.05, 3.63) is 57.0 Å². The van der Waals surface area contributed by atoms with E-state index in [2.05, 4.69) is 5.32 Å². The summed E-state index contributed by atoms with van der Waals surface area (Å²) >= 11 is 1.38. The molecule has 1 aromatic heterocycles. The van der Waals surface area contributed by atoms with Gasteiger partial charge in [0, 0.05) is 4.88 Å². The van der Waals surface area contributed by atoms with E-state index in [1.165, 1.54) is 17.4 Å². The largest absolute Gasteiger partial charge is 0.462 e. The second-order valence-electron chi connectivity index (χ2n) is 6.49. The third-order valence-corrected chi connectivity index (χ3v) is 5.80. The molecule has 1 aliphatic carbocycles. The van der Waals surface area contributed by atoms with Crippen molar-refractivity contribution in [3.8, 4) is 12.1 Å². The number of thiophene rings is 1. The summed E-state index contributed by atoms with van der Waals surface area (Å²) in [6, 6.07) is 10.5. The molecule has 0 fully saturated rings. The number of hydrogen-bond donors (Lipinski definition) is 1. The molecule has 0 unspecified atom stereocenters. The first kappa shape index (κ1) is 20.3. The Bertz CT molecular complexity index is 1050. The number of nitrogens with zero attached hydrogens (tertiary/aromatic N) is 2. The van der Waals surface area contributed by atoms with Gasteiger partial charge in [-0.25, -0.2) is 4.79 Å². The van der Waals surface area contributed by atoms with Crippen LogP contribution in [0.4, 0.5) is 5.00 Å². The molecule has 0 bridgehead atoms. The number of aryl methyl sites for hydroxylation is 1. The lowest BCUT2D eigenvalue weighted by molar-refractivity contribution is -0.112. The van der Waals surface area contributed by atoms with E-state index in [1.807, 2.05) is 12.1 Å². The number of benzene rings is 1. The summed E-state index contributed by atoms with van der Waals surface area (Å²) in [4.78, 5) is 26.3. The number of nitrogens with one attached hydrogen (secondary N) is 1. The van der Waals surface area contributed by atoms with Gasteiger partial charge in [-0.2, -0.15) is 10.5 Å². The molecule has 0 saturated heterocycles. The van der Waals surface area contributed by atoms with E-state index in [1.54, 1.807) is 31.2 Å². The zero-order valence-corrected chi connectivity index (χ0v) is 16.8. The van der Waals surface area contributed by atoms with Crippen LogP contribution in [0, 0.1) is 22.7 Å². The molecule has 7 heteroatoms. The number of carbonyl (C=O) groups excluding carboxylic acids is 2.